The van der Waals surface area contributed by atoms with Crippen molar-refractivity contribution >= 4 is 5.91 Å². The van der Waals surface area contributed by atoms with E-state index in [1.165, 1.54) is 0 Å². The molecule has 1 atom stereocenters. The second-order valence-electron chi connectivity index (χ2n) is 2.50. The number of rotatable bonds is 5. The minimum absolute atomic E-state index is 0.0616. The van der Waals surface area contributed by atoms with Crippen molar-refractivity contribution in [2.45, 2.75) is 20.3 Å². The van der Waals surface area contributed by atoms with Crippen LogP contribution in [0.1, 0.15) is 20.3 Å². The van der Waals surface area contributed by atoms with E-state index in [0.717, 1.165) is 13.0 Å². The molecule has 0 radical (unpaired) electrons. The second kappa shape index (κ2) is 6.16. The molecule has 0 saturated heterocycles. The zero-order valence-electron chi connectivity index (χ0n) is 7.52. The number of carbonyl (C=O) groups excluding carboxylic acids is 1. The van der Waals surface area contributed by atoms with E-state index in [9.17, 15) is 4.79 Å². The van der Waals surface area contributed by atoms with E-state index in [4.69, 9.17) is 4.74 Å². The summed E-state index contributed by atoms with van der Waals surface area (Å²) in [6.45, 7) is 5.24. The van der Waals surface area contributed by atoms with E-state index >= 15 is 0 Å². The van der Waals surface area contributed by atoms with E-state index in [1.54, 1.807) is 7.05 Å². The van der Waals surface area contributed by atoms with Crippen LogP contribution in [-0.2, 0) is 9.53 Å². The van der Waals surface area contributed by atoms with Crippen LogP contribution in [0.3, 0.4) is 0 Å². The Balaban J connectivity index is 3.36. The predicted molar refractivity (Wildman–Crippen MR) is 44.3 cm³/mol. The number of carbonyl (C=O) groups is 1. The maximum atomic E-state index is 10.9. The molecule has 0 aromatic heterocycles. The first-order valence-corrected chi connectivity index (χ1v) is 4.01. The molecule has 3 heteroatoms. The highest BCUT2D eigenvalue weighted by Crippen LogP contribution is 2.00. The number of nitrogens with one attached hydrogen (secondary N) is 1. The minimum Gasteiger partial charge on any atom is -0.382 e. The molecule has 0 heterocycles. The summed E-state index contributed by atoms with van der Waals surface area (Å²) >= 11 is 0. The normalized spacial score (nSPS) is 12.6. The summed E-state index contributed by atoms with van der Waals surface area (Å²) in [4.78, 5) is 10.9. The van der Waals surface area contributed by atoms with Crippen LogP contribution >= 0.6 is 0 Å². The Hall–Kier alpha value is -0.570. The van der Waals surface area contributed by atoms with Gasteiger partial charge in [0.2, 0.25) is 5.91 Å². The molecular formula is C8H17NO2. The highest BCUT2D eigenvalue weighted by atomic mass is 16.5. The Morgan fingerprint density at radius 3 is 2.73 bits per heavy atom. The molecule has 1 amide bonds. The number of amides is 1. The molecule has 0 rings (SSSR count). The molecule has 1 unspecified atom stereocenters. The maximum Gasteiger partial charge on any atom is 0.222 e. The van der Waals surface area contributed by atoms with Crippen molar-refractivity contribution in [2.24, 2.45) is 5.92 Å². The van der Waals surface area contributed by atoms with Crippen LogP contribution in [-0.4, -0.2) is 26.2 Å². The zero-order valence-corrected chi connectivity index (χ0v) is 7.52. The lowest BCUT2D eigenvalue weighted by Crippen LogP contribution is -2.26. The predicted octanol–water partition coefficient (Wildman–Crippen LogP) is 0.795. The Morgan fingerprint density at radius 2 is 2.27 bits per heavy atom. The first-order valence-electron chi connectivity index (χ1n) is 4.01. The third kappa shape index (κ3) is 4.79. The molecular weight excluding hydrogens is 142 g/mol. The van der Waals surface area contributed by atoms with Gasteiger partial charge in [-0.25, -0.2) is 0 Å². The summed E-state index contributed by atoms with van der Waals surface area (Å²) in [7, 11) is 1.65. The van der Waals surface area contributed by atoms with Crippen molar-refractivity contribution in [3.63, 3.8) is 0 Å². The van der Waals surface area contributed by atoms with Crippen LogP contribution in [0.5, 0.6) is 0 Å². The van der Waals surface area contributed by atoms with Crippen LogP contribution in [0.2, 0.25) is 0 Å². The van der Waals surface area contributed by atoms with Crippen molar-refractivity contribution in [1.29, 1.82) is 0 Å². The first kappa shape index (κ1) is 10.4. The summed E-state index contributed by atoms with van der Waals surface area (Å²) in [5.74, 6) is 0.149. The van der Waals surface area contributed by atoms with Crippen LogP contribution in [0.15, 0.2) is 0 Å². The van der Waals surface area contributed by atoms with Gasteiger partial charge in [0.05, 0.1) is 0 Å². The van der Waals surface area contributed by atoms with Gasteiger partial charge in [0.25, 0.3) is 0 Å². The van der Waals surface area contributed by atoms with Gasteiger partial charge in [-0.15, -0.1) is 0 Å². The number of hydrogen-bond acceptors (Lipinski definition) is 2. The van der Waals surface area contributed by atoms with Gasteiger partial charge in [0.15, 0.2) is 0 Å². The standard InChI is InChI=1S/C8H17NO2/c1-4-11-6-5-7(2)8(10)9-3/h7H,4-6H2,1-3H3,(H,9,10). The van der Waals surface area contributed by atoms with E-state index < -0.39 is 0 Å². The average molecular weight is 159 g/mol. The molecule has 0 fully saturated rings. The molecule has 0 aliphatic carbocycles. The van der Waals surface area contributed by atoms with Gasteiger partial charge in [-0.05, 0) is 13.3 Å². The van der Waals surface area contributed by atoms with Gasteiger partial charge < -0.3 is 10.1 Å². The Morgan fingerprint density at radius 1 is 1.64 bits per heavy atom. The Labute approximate surface area is 68.1 Å². The van der Waals surface area contributed by atoms with Gasteiger partial charge in [0.1, 0.15) is 0 Å². The molecule has 0 spiro atoms. The van der Waals surface area contributed by atoms with Crippen LogP contribution in [0, 0.1) is 5.92 Å². The van der Waals surface area contributed by atoms with Gasteiger partial charge in [-0.2, -0.15) is 0 Å². The summed E-state index contributed by atoms with van der Waals surface area (Å²) < 4.78 is 5.12. The maximum absolute atomic E-state index is 10.9. The SMILES string of the molecule is CCOCCC(C)C(=O)NC. The fourth-order valence-electron chi connectivity index (χ4n) is 0.782. The molecule has 3 nitrogen and oxygen atoms in total. The third-order valence-electron chi connectivity index (χ3n) is 1.59. The van der Waals surface area contributed by atoms with Crippen molar-refractivity contribution < 1.29 is 9.53 Å². The summed E-state index contributed by atoms with van der Waals surface area (Å²) in [6.07, 6.45) is 0.799. The van der Waals surface area contributed by atoms with E-state index in [1.807, 2.05) is 13.8 Å². The van der Waals surface area contributed by atoms with E-state index in [2.05, 4.69) is 5.32 Å². The van der Waals surface area contributed by atoms with Crippen molar-refractivity contribution in [2.75, 3.05) is 20.3 Å². The van der Waals surface area contributed by atoms with Gasteiger partial charge in [-0.1, -0.05) is 6.92 Å². The minimum atomic E-state index is 0.0616. The lowest BCUT2D eigenvalue weighted by atomic mass is 10.1. The van der Waals surface area contributed by atoms with Crippen molar-refractivity contribution in [1.82, 2.24) is 5.32 Å². The summed E-state index contributed by atoms with van der Waals surface area (Å²) in [5, 5.41) is 2.60. The monoisotopic (exact) mass is 159 g/mol. The Bertz CT molecular complexity index is 115. The average Bonchev–Trinajstić information content (AvgIpc) is 2.03. The van der Waals surface area contributed by atoms with E-state index in [-0.39, 0.29) is 11.8 Å². The van der Waals surface area contributed by atoms with Gasteiger partial charge in [-0.3, -0.25) is 4.79 Å². The fraction of sp³-hybridized carbons (Fsp3) is 0.875. The highest BCUT2D eigenvalue weighted by molar-refractivity contribution is 5.77. The molecule has 0 aliphatic rings. The molecule has 1 N–H and O–H groups in total. The fourth-order valence-corrected chi connectivity index (χ4v) is 0.782. The van der Waals surface area contributed by atoms with Gasteiger partial charge >= 0.3 is 0 Å². The summed E-state index contributed by atoms with van der Waals surface area (Å²) in [6, 6.07) is 0. The molecule has 0 saturated carbocycles. The third-order valence-corrected chi connectivity index (χ3v) is 1.59. The second-order valence-corrected chi connectivity index (χ2v) is 2.50. The van der Waals surface area contributed by atoms with Gasteiger partial charge in [0, 0.05) is 26.2 Å². The number of hydrogen-bond donors (Lipinski definition) is 1. The zero-order chi connectivity index (χ0) is 8.69. The highest BCUT2D eigenvalue weighted by Gasteiger charge is 2.09. The lowest BCUT2D eigenvalue weighted by Gasteiger charge is -2.08. The molecule has 66 valence electrons. The van der Waals surface area contributed by atoms with Crippen molar-refractivity contribution in [3.05, 3.63) is 0 Å². The topological polar surface area (TPSA) is 38.3 Å². The molecule has 0 aromatic rings. The molecule has 0 bridgehead atoms. The van der Waals surface area contributed by atoms with Crippen LogP contribution in [0.25, 0.3) is 0 Å². The molecule has 11 heavy (non-hydrogen) atoms. The molecule has 0 aromatic carbocycles. The Kier molecular flexibility index (Phi) is 5.84. The largest absolute Gasteiger partial charge is 0.382 e. The number of ether oxygens (including phenoxy) is 1. The van der Waals surface area contributed by atoms with Crippen LogP contribution < -0.4 is 5.32 Å². The quantitative estimate of drug-likeness (QED) is 0.602. The summed E-state index contributed by atoms with van der Waals surface area (Å²) in [5.41, 5.74) is 0. The first-order chi connectivity index (χ1) is 5.22. The van der Waals surface area contributed by atoms with E-state index in [0.29, 0.717) is 6.61 Å². The van der Waals surface area contributed by atoms with Crippen LogP contribution in [0.4, 0.5) is 0 Å². The van der Waals surface area contributed by atoms with Crippen molar-refractivity contribution in [3.8, 4) is 0 Å². The lowest BCUT2D eigenvalue weighted by molar-refractivity contribution is -0.124. The molecule has 0 aliphatic heterocycles. The smallest absolute Gasteiger partial charge is 0.222 e.